The maximum absolute atomic E-state index is 13.4. The lowest BCUT2D eigenvalue weighted by atomic mass is 9.97. The molecule has 2 fully saturated rings. The van der Waals surface area contributed by atoms with E-state index < -0.39 is 86.8 Å². The molecule has 0 bridgehead atoms. The number of nitrogens with one attached hydrogen (secondary N) is 1. The molecule has 0 aromatic carbocycles. The van der Waals surface area contributed by atoms with E-state index in [2.05, 4.69) is 129 Å². The van der Waals surface area contributed by atoms with E-state index in [9.17, 15) is 45.6 Å². The molecular formula is C85H147NO13. The first kappa shape index (κ1) is 91.5. The van der Waals surface area contributed by atoms with E-state index in [1.165, 1.54) is 193 Å². The van der Waals surface area contributed by atoms with Gasteiger partial charge in [-0.3, -0.25) is 4.79 Å². The van der Waals surface area contributed by atoms with E-state index in [1.807, 2.05) is 6.08 Å². The number of ether oxygens (including phenoxy) is 4. The van der Waals surface area contributed by atoms with Crippen molar-refractivity contribution < 1.29 is 64.6 Å². The van der Waals surface area contributed by atoms with Gasteiger partial charge in [-0.1, -0.05) is 328 Å². The molecule has 0 aromatic rings. The Morgan fingerprint density at radius 1 is 0.374 bits per heavy atom. The summed E-state index contributed by atoms with van der Waals surface area (Å²) in [6.45, 7) is 2.69. The molecule has 12 atom stereocenters. The zero-order chi connectivity index (χ0) is 71.5. The molecule has 0 spiro atoms. The molecule has 2 rings (SSSR count). The van der Waals surface area contributed by atoms with Crippen LogP contribution in [0.15, 0.2) is 122 Å². The number of unbranched alkanes of at least 4 members (excludes halogenated alkanes) is 35. The fourth-order valence-corrected chi connectivity index (χ4v) is 12.5. The zero-order valence-electron chi connectivity index (χ0n) is 62.4. The van der Waals surface area contributed by atoms with Crippen LogP contribution in [0.2, 0.25) is 0 Å². The fourth-order valence-electron chi connectivity index (χ4n) is 12.5. The second kappa shape index (κ2) is 67.6. The normalized spacial score (nSPS) is 22.6. The van der Waals surface area contributed by atoms with Gasteiger partial charge in [-0.25, -0.2) is 0 Å². The second-order valence-electron chi connectivity index (χ2n) is 27.8. The average Bonchev–Trinajstić information content (AvgIpc) is 0.794. The molecule has 0 radical (unpaired) electrons. The molecule has 1 amide bonds. The van der Waals surface area contributed by atoms with Crippen LogP contribution in [-0.2, 0) is 23.7 Å². The molecule has 2 saturated heterocycles. The Labute approximate surface area is 603 Å². The third-order valence-corrected chi connectivity index (χ3v) is 18.9. The van der Waals surface area contributed by atoms with Crippen molar-refractivity contribution >= 4 is 5.91 Å². The average molecular weight is 1390 g/mol. The molecule has 0 aliphatic carbocycles. The van der Waals surface area contributed by atoms with E-state index in [4.69, 9.17) is 18.9 Å². The van der Waals surface area contributed by atoms with E-state index in [0.29, 0.717) is 12.8 Å². The molecule has 2 aliphatic heterocycles. The Hall–Kier alpha value is -3.61. The lowest BCUT2D eigenvalue weighted by Crippen LogP contribution is -2.65. The van der Waals surface area contributed by atoms with E-state index in [1.54, 1.807) is 6.08 Å². The Balaban J connectivity index is 1.62. The minimum Gasteiger partial charge on any atom is -0.394 e. The van der Waals surface area contributed by atoms with Gasteiger partial charge in [-0.2, -0.15) is 0 Å². The lowest BCUT2D eigenvalue weighted by molar-refractivity contribution is -0.359. The van der Waals surface area contributed by atoms with Gasteiger partial charge in [-0.15, -0.1) is 0 Å². The third-order valence-electron chi connectivity index (χ3n) is 18.9. The van der Waals surface area contributed by atoms with Crippen molar-refractivity contribution in [3.8, 4) is 0 Å². The van der Waals surface area contributed by atoms with Gasteiger partial charge < -0.3 is 65.1 Å². The van der Waals surface area contributed by atoms with E-state index in [-0.39, 0.29) is 18.9 Å². The number of hydrogen-bond donors (Lipinski definition) is 9. The predicted octanol–water partition coefficient (Wildman–Crippen LogP) is 18.4. The van der Waals surface area contributed by atoms with Crippen LogP contribution >= 0.6 is 0 Å². The summed E-state index contributed by atoms with van der Waals surface area (Å²) in [7, 11) is 0. The van der Waals surface area contributed by atoms with E-state index >= 15 is 0 Å². The fraction of sp³-hybridized carbons (Fsp3) is 0.753. The molecule has 570 valence electrons. The number of aliphatic hydroxyl groups is 8. The van der Waals surface area contributed by atoms with Crippen molar-refractivity contribution in [1.82, 2.24) is 5.32 Å². The first-order valence-corrected chi connectivity index (χ1v) is 40.3. The SMILES string of the molecule is CC/C=C\C/C=C\C/C=C\C/C=C\C/C=C\C/C=C\C/C=C\CCCCCCCCCCCCCCCCCCCC(=O)NC(COC1OC(CO)C(OC2OC(CO)C(O)C(O)C2O)C(O)C1O)C(O)/C=C/CC/C=C/CC/C=C/CCCCCCCCCCCCCCCCCC. The highest BCUT2D eigenvalue weighted by molar-refractivity contribution is 5.76. The van der Waals surface area contributed by atoms with Crippen LogP contribution in [0.25, 0.3) is 0 Å². The summed E-state index contributed by atoms with van der Waals surface area (Å²) in [5.41, 5.74) is 0. The van der Waals surface area contributed by atoms with Crippen molar-refractivity contribution in [3.05, 3.63) is 122 Å². The molecular weight excluding hydrogens is 1240 g/mol. The maximum atomic E-state index is 13.4. The Kier molecular flexibility index (Phi) is 62.4. The van der Waals surface area contributed by atoms with Gasteiger partial charge in [0.2, 0.25) is 5.91 Å². The third kappa shape index (κ3) is 50.4. The molecule has 14 nitrogen and oxygen atoms in total. The monoisotopic (exact) mass is 1390 g/mol. The Morgan fingerprint density at radius 3 is 1.11 bits per heavy atom. The van der Waals surface area contributed by atoms with Crippen molar-refractivity contribution in [2.45, 2.75) is 389 Å². The molecule has 0 saturated carbocycles. The summed E-state index contributed by atoms with van der Waals surface area (Å²) in [6, 6.07) is -0.946. The summed E-state index contributed by atoms with van der Waals surface area (Å²) in [5, 5.41) is 87.6. The number of hydrogen-bond acceptors (Lipinski definition) is 13. The number of aliphatic hydroxyl groups excluding tert-OH is 8. The van der Waals surface area contributed by atoms with Crippen molar-refractivity contribution in [3.63, 3.8) is 0 Å². The van der Waals surface area contributed by atoms with Crippen LogP contribution < -0.4 is 5.32 Å². The van der Waals surface area contributed by atoms with Gasteiger partial charge >= 0.3 is 0 Å². The second-order valence-corrected chi connectivity index (χ2v) is 27.8. The predicted molar refractivity (Wildman–Crippen MR) is 410 cm³/mol. The van der Waals surface area contributed by atoms with E-state index in [0.717, 1.165) is 89.9 Å². The van der Waals surface area contributed by atoms with Crippen LogP contribution in [0, 0.1) is 0 Å². The first-order chi connectivity index (χ1) is 48.6. The number of carbonyl (C=O) groups is 1. The van der Waals surface area contributed by atoms with Gasteiger partial charge in [0.25, 0.3) is 0 Å². The van der Waals surface area contributed by atoms with Crippen LogP contribution in [0.1, 0.15) is 316 Å². The highest BCUT2D eigenvalue weighted by Crippen LogP contribution is 2.30. The van der Waals surface area contributed by atoms with Gasteiger partial charge in [0.15, 0.2) is 12.6 Å². The Bertz CT molecular complexity index is 2130. The van der Waals surface area contributed by atoms with Crippen molar-refractivity contribution in [2.24, 2.45) is 0 Å². The summed E-state index contributed by atoms with van der Waals surface area (Å²) in [6.07, 6.45) is 82.8. The van der Waals surface area contributed by atoms with Crippen LogP contribution in [0.3, 0.4) is 0 Å². The number of rotatable bonds is 66. The standard InChI is InChI=1S/C85H147NO13/c1-3-5-7-9-11-13-15-17-19-21-23-25-27-29-31-32-33-34-35-36-37-38-39-40-41-42-43-45-47-49-51-53-55-57-59-61-63-65-67-69-77(90)86-73(72-96-84-82(95)80(93)83(76(71-88)98-84)99-85-81(94)79(92)78(91)75(70-87)97-85)74(89)68-66-64-62-60-58-56-54-52-50-48-46-44-30-28-26-24-22-20-18-16-14-12-10-8-6-4-2/h5,7,11,13,17,19,23,25,29,31,33-34,36-37,50,52,58,60,66,68,73-76,78-85,87-89,91-95H,3-4,6,8-10,12,14-16,18,20-22,24,26-28,30,32,35,38-49,51,53-57,59,61-65,67,69-72H2,1-2H3,(H,86,90)/b7-5-,13-11-,19-17-,25-23-,31-29-,34-33-,37-36-,52-50+,60-58+,68-66+. The summed E-state index contributed by atoms with van der Waals surface area (Å²) < 4.78 is 22.9. The molecule has 2 heterocycles. The zero-order valence-corrected chi connectivity index (χ0v) is 62.4. The lowest BCUT2D eigenvalue weighted by Gasteiger charge is -2.46. The Morgan fingerprint density at radius 2 is 0.707 bits per heavy atom. The first-order valence-electron chi connectivity index (χ1n) is 40.3. The largest absolute Gasteiger partial charge is 0.394 e. The maximum Gasteiger partial charge on any atom is 0.220 e. The molecule has 14 heteroatoms. The topological polar surface area (TPSA) is 228 Å². The van der Waals surface area contributed by atoms with Gasteiger partial charge in [-0.05, 0) is 103 Å². The van der Waals surface area contributed by atoms with Gasteiger partial charge in [0, 0.05) is 6.42 Å². The van der Waals surface area contributed by atoms with Crippen molar-refractivity contribution in [1.29, 1.82) is 0 Å². The molecule has 12 unspecified atom stereocenters. The quantitative estimate of drug-likeness (QED) is 0.0204. The smallest absolute Gasteiger partial charge is 0.220 e. The number of allylic oxidation sites excluding steroid dienone is 19. The minimum absolute atomic E-state index is 0.253. The highest BCUT2D eigenvalue weighted by Gasteiger charge is 2.51. The van der Waals surface area contributed by atoms with Gasteiger partial charge in [0.1, 0.15) is 48.8 Å². The van der Waals surface area contributed by atoms with Gasteiger partial charge in [0.05, 0.1) is 32.0 Å². The highest BCUT2D eigenvalue weighted by atomic mass is 16.7. The molecule has 2 aliphatic rings. The summed E-state index contributed by atoms with van der Waals surface area (Å²) >= 11 is 0. The molecule has 9 N–H and O–H groups in total. The van der Waals surface area contributed by atoms with Crippen molar-refractivity contribution in [2.75, 3.05) is 19.8 Å². The van der Waals surface area contributed by atoms with Crippen LogP contribution in [-0.4, -0.2) is 140 Å². The number of amides is 1. The molecule has 0 aromatic heterocycles. The van der Waals surface area contributed by atoms with Crippen LogP contribution in [0.5, 0.6) is 0 Å². The molecule has 99 heavy (non-hydrogen) atoms. The minimum atomic E-state index is -1.80. The van der Waals surface area contributed by atoms with Crippen LogP contribution in [0.4, 0.5) is 0 Å². The number of carbonyl (C=O) groups excluding carboxylic acids is 1. The summed E-state index contributed by atoms with van der Waals surface area (Å²) in [5.74, 6) is -0.253. The summed E-state index contributed by atoms with van der Waals surface area (Å²) in [4.78, 5) is 13.4.